The van der Waals surface area contributed by atoms with Crippen molar-refractivity contribution in [1.82, 2.24) is 5.32 Å². The molecule has 0 aliphatic heterocycles. The van der Waals surface area contributed by atoms with Crippen molar-refractivity contribution in [2.45, 2.75) is 38.5 Å². The summed E-state index contributed by atoms with van der Waals surface area (Å²) in [7, 11) is -0.818. The summed E-state index contributed by atoms with van der Waals surface area (Å²) in [5.74, 6) is 1.58. The Labute approximate surface area is 123 Å². The molecule has 0 unspecified atom stereocenters. The molecule has 0 aliphatic carbocycles. The zero-order valence-corrected chi connectivity index (χ0v) is 13.4. The lowest BCUT2D eigenvalue weighted by Crippen LogP contribution is -2.30. The van der Waals surface area contributed by atoms with Crippen LogP contribution in [0.25, 0.3) is 11.0 Å². The van der Waals surface area contributed by atoms with Gasteiger partial charge < -0.3 is 9.73 Å². The van der Waals surface area contributed by atoms with E-state index in [-0.39, 0.29) is 10.8 Å². The summed E-state index contributed by atoms with van der Waals surface area (Å²) in [4.78, 5) is 0. The van der Waals surface area contributed by atoms with Crippen LogP contribution in [0.2, 0.25) is 0 Å². The molecule has 1 aromatic heterocycles. The quantitative estimate of drug-likeness (QED) is 0.915. The van der Waals surface area contributed by atoms with Crippen LogP contribution >= 0.6 is 0 Å². The van der Waals surface area contributed by atoms with Crippen molar-refractivity contribution in [2.75, 3.05) is 12.3 Å². The van der Waals surface area contributed by atoms with Gasteiger partial charge in [0.15, 0.2) is 0 Å². The first-order valence-electron chi connectivity index (χ1n) is 6.98. The Morgan fingerprint density at radius 3 is 2.65 bits per heavy atom. The van der Waals surface area contributed by atoms with Gasteiger partial charge in [0.25, 0.3) is 0 Å². The summed E-state index contributed by atoms with van der Waals surface area (Å²) in [6, 6.07) is 10.2. The minimum Gasteiger partial charge on any atom is -0.459 e. The highest BCUT2D eigenvalue weighted by Gasteiger charge is 2.19. The van der Waals surface area contributed by atoms with E-state index >= 15 is 0 Å². The zero-order valence-electron chi connectivity index (χ0n) is 12.6. The van der Waals surface area contributed by atoms with Gasteiger partial charge in [-0.25, -0.2) is 0 Å². The number of fused-ring (bicyclic) bond motifs is 1. The fourth-order valence-corrected chi connectivity index (χ4v) is 2.91. The van der Waals surface area contributed by atoms with Crippen molar-refractivity contribution in [1.29, 1.82) is 0 Å². The lowest BCUT2D eigenvalue weighted by molar-refractivity contribution is 0.459. The lowest BCUT2D eigenvalue weighted by Gasteiger charge is -2.18. The molecule has 0 fully saturated rings. The molecular weight excluding hydrogens is 270 g/mol. The topological polar surface area (TPSA) is 42.2 Å². The molecule has 2 rings (SSSR count). The van der Waals surface area contributed by atoms with E-state index in [2.05, 4.69) is 18.3 Å². The van der Waals surface area contributed by atoms with Crippen molar-refractivity contribution in [3.05, 3.63) is 36.1 Å². The van der Waals surface area contributed by atoms with Crippen LogP contribution in [0.3, 0.4) is 0 Å². The molecule has 110 valence electrons. The van der Waals surface area contributed by atoms with Gasteiger partial charge in [-0.2, -0.15) is 0 Å². The molecule has 0 saturated heterocycles. The summed E-state index contributed by atoms with van der Waals surface area (Å²) >= 11 is 0. The highest BCUT2D eigenvalue weighted by molar-refractivity contribution is 7.86. The summed E-state index contributed by atoms with van der Waals surface area (Å²) in [6.07, 6.45) is 0. The molecule has 0 amide bonds. The minimum atomic E-state index is -0.818. The summed E-state index contributed by atoms with van der Waals surface area (Å²) in [5.41, 5.74) is 0.911. The van der Waals surface area contributed by atoms with Crippen LogP contribution in [-0.4, -0.2) is 21.3 Å². The first-order valence-corrected chi connectivity index (χ1v) is 8.30. The van der Waals surface area contributed by atoms with Gasteiger partial charge in [0, 0.05) is 33.2 Å². The van der Waals surface area contributed by atoms with Gasteiger partial charge >= 0.3 is 0 Å². The third kappa shape index (κ3) is 3.70. The predicted molar refractivity (Wildman–Crippen MR) is 85.4 cm³/mol. The van der Waals surface area contributed by atoms with Crippen molar-refractivity contribution >= 4 is 21.8 Å². The predicted octanol–water partition coefficient (Wildman–Crippen LogP) is 3.63. The number of furan rings is 1. The van der Waals surface area contributed by atoms with Crippen molar-refractivity contribution in [3.8, 4) is 0 Å². The second-order valence-corrected chi connectivity index (χ2v) is 8.35. The molecule has 0 bridgehead atoms. The van der Waals surface area contributed by atoms with Crippen molar-refractivity contribution < 1.29 is 8.63 Å². The third-order valence-corrected chi connectivity index (χ3v) is 5.23. The lowest BCUT2D eigenvalue weighted by atomic mass is 10.2. The Hall–Kier alpha value is -1.13. The Morgan fingerprint density at radius 2 is 2.00 bits per heavy atom. The zero-order chi connectivity index (χ0) is 14.8. The molecule has 0 spiro atoms. The first kappa shape index (κ1) is 15.3. The summed E-state index contributed by atoms with van der Waals surface area (Å²) in [6.45, 7) is 8.81. The Balaban J connectivity index is 1.92. The van der Waals surface area contributed by atoms with Crippen LogP contribution in [0.4, 0.5) is 0 Å². The standard InChI is InChI=1S/C16H23NO2S/c1-12(17-9-10-20(18)16(2,3)4)15-11-13-7-5-6-8-14(13)19-15/h5-8,11-12,17H,9-10H2,1-4H3/t12-,20-/m1/s1. The molecule has 1 N–H and O–H groups in total. The van der Waals surface area contributed by atoms with Crippen molar-refractivity contribution in [2.24, 2.45) is 0 Å². The van der Waals surface area contributed by atoms with Gasteiger partial charge in [-0.05, 0) is 39.8 Å². The van der Waals surface area contributed by atoms with Crippen LogP contribution in [0.5, 0.6) is 0 Å². The van der Waals surface area contributed by atoms with Gasteiger partial charge in [-0.3, -0.25) is 4.21 Å². The maximum atomic E-state index is 12.0. The van der Waals surface area contributed by atoms with Crippen LogP contribution in [0.15, 0.2) is 34.7 Å². The molecule has 0 saturated carbocycles. The molecule has 0 radical (unpaired) electrons. The monoisotopic (exact) mass is 293 g/mol. The van der Waals surface area contributed by atoms with E-state index in [9.17, 15) is 4.21 Å². The van der Waals surface area contributed by atoms with Crippen LogP contribution < -0.4 is 5.32 Å². The fraction of sp³-hybridized carbons (Fsp3) is 0.500. The summed E-state index contributed by atoms with van der Waals surface area (Å²) < 4.78 is 17.6. The highest BCUT2D eigenvalue weighted by Crippen LogP contribution is 2.23. The number of para-hydroxylation sites is 1. The molecule has 3 nitrogen and oxygen atoms in total. The Morgan fingerprint density at radius 1 is 1.30 bits per heavy atom. The Bertz CT molecular complexity index is 565. The van der Waals surface area contributed by atoms with Gasteiger partial charge in [0.05, 0.1) is 6.04 Å². The molecule has 2 aromatic rings. The van der Waals surface area contributed by atoms with Gasteiger partial charge in [0.1, 0.15) is 11.3 Å². The molecular formula is C16H23NO2S. The number of hydrogen-bond acceptors (Lipinski definition) is 3. The maximum absolute atomic E-state index is 12.0. The van der Waals surface area contributed by atoms with E-state index < -0.39 is 10.8 Å². The second-order valence-electron chi connectivity index (χ2n) is 6.02. The van der Waals surface area contributed by atoms with Gasteiger partial charge in [-0.1, -0.05) is 18.2 Å². The van der Waals surface area contributed by atoms with Crippen LogP contribution in [0, 0.1) is 0 Å². The van der Waals surface area contributed by atoms with E-state index in [4.69, 9.17) is 4.42 Å². The SMILES string of the molecule is C[C@@H](NCC[S@@](=O)C(C)(C)C)c1cc2ccccc2o1. The fourth-order valence-electron chi connectivity index (χ4n) is 1.99. The minimum absolute atomic E-state index is 0.124. The van der Waals surface area contributed by atoms with E-state index in [1.165, 1.54) is 0 Å². The van der Waals surface area contributed by atoms with E-state index in [0.717, 1.165) is 23.3 Å². The molecule has 1 heterocycles. The largest absolute Gasteiger partial charge is 0.459 e. The van der Waals surface area contributed by atoms with Gasteiger partial charge in [0.2, 0.25) is 0 Å². The average molecular weight is 293 g/mol. The van der Waals surface area contributed by atoms with E-state index in [1.807, 2.05) is 45.0 Å². The van der Waals surface area contributed by atoms with Crippen LogP contribution in [0.1, 0.15) is 39.5 Å². The number of benzene rings is 1. The molecule has 4 heteroatoms. The first-order chi connectivity index (χ1) is 9.38. The Kier molecular flexibility index (Phi) is 4.66. The second kappa shape index (κ2) is 6.10. The smallest absolute Gasteiger partial charge is 0.134 e. The third-order valence-electron chi connectivity index (χ3n) is 3.29. The molecule has 1 aromatic carbocycles. The highest BCUT2D eigenvalue weighted by atomic mass is 32.2. The van der Waals surface area contributed by atoms with Gasteiger partial charge in [-0.15, -0.1) is 0 Å². The number of rotatable bonds is 5. The van der Waals surface area contributed by atoms with E-state index in [1.54, 1.807) is 0 Å². The molecule has 2 atom stereocenters. The number of nitrogens with one attached hydrogen (secondary N) is 1. The molecule has 0 aliphatic rings. The maximum Gasteiger partial charge on any atom is 0.134 e. The van der Waals surface area contributed by atoms with Crippen LogP contribution in [-0.2, 0) is 10.8 Å². The number of hydrogen-bond donors (Lipinski definition) is 1. The normalized spacial score (nSPS) is 15.4. The average Bonchev–Trinajstić information content (AvgIpc) is 2.81. The summed E-state index contributed by atoms with van der Waals surface area (Å²) in [5, 5.41) is 4.50. The van der Waals surface area contributed by atoms with Crippen molar-refractivity contribution in [3.63, 3.8) is 0 Å². The molecule has 20 heavy (non-hydrogen) atoms. The van der Waals surface area contributed by atoms with E-state index in [0.29, 0.717) is 5.75 Å².